The van der Waals surface area contributed by atoms with Gasteiger partial charge in [0.25, 0.3) is 29.5 Å². The fraction of sp³-hybridized carbons (Fsp3) is 0.214. The normalized spacial score (nSPS) is 10.7. The van der Waals surface area contributed by atoms with E-state index in [-0.39, 0.29) is 57.4 Å². The van der Waals surface area contributed by atoms with Crippen LogP contribution in [0.3, 0.4) is 0 Å². The molecule has 4 aromatic heterocycles. The van der Waals surface area contributed by atoms with Crippen LogP contribution in [-0.4, -0.2) is 70.7 Å². The predicted octanol–water partition coefficient (Wildman–Crippen LogP) is 1.04. The zero-order valence-corrected chi connectivity index (χ0v) is 27.3. The maximum atomic E-state index is 13.3. The van der Waals surface area contributed by atoms with Crippen LogP contribution >= 0.6 is 15.9 Å². The first-order valence-electron chi connectivity index (χ1n) is 13.7. The number of primary amides is 1. The molecule has 0 fully saturated rings. The fourth-order valence-electron chi connectivity index (χ4n) is 4.40. The van der Waals surface area contributed by atoms with Crippen molar-refractivity contribution in [2.24, 2.45) is 33.9 Å². The molecular weight excluding hydrogens is 680 g/mol. The Balaban J connectivity index is 1.43. The summed E-state index contributed by atoms with van der Waals surface area (Å²) in [5.74, 6) is -3.16. The van der Waals surface area contributed by atoms with Crippen LogP contribution in [0.25, 0.3) is 0 Å². The molecule has 0 aliphatic carbocycles. The molecule has 0 spiro atoms. The Labute approximate surface area is 275 Å². The third kappa shape index (κ3) is 8.00. The summed E-state index contributed by atoms with van der Waals surface area (Å²) < 4.78 is 5.63. The van der Waals surface area contributed by atoms with E-state index in [1.165, 1.54) is 63.2 Å². The van der Waals surface area contributed by atoms with Gasteiger partial charge in [0.05, 0.1) is 27.7 Å². The van der Waals surface area contributed by atoms with Crippen LogP contribution < -0.4 is 32.3 Å². The van der Waals surface area contributed by atoms with Crippen LogP contribution in [-0.2, 0) is 37.8 Å². The van der Waals surface area contributed by atoms with E-state index in [0.29, 0.717) is 5.69 Å². The quantitative estimate of drug-likeness (QED) is 0.116. The van der Waals surface area contributed by atoms with Crippen molar-refractivity contribution in [1.82, 2.24) is 34.0 Å². The first-order chi connectivity index (χ1) is 22.1. The lowest BCUT2D eigenvalue weighted by molar-refractivity contribution is -0.118. The fourth-order valence-corrected chi connectivity index (χ4v) is 4.50. The van der Waals surface area contributed by atoms with Gasteiger partial charge in [0.1, 0.15) is 22.8 Å². The molecule has 0 radical (unpaired) electrons. The van der Waals surface area contributed by atoms with Crippen molar-refractivity contribution in [3.05, 3.63) is 70.6 Å². The lowest BCUT2D eigenvalue weighted by Crippen LogP contribution is -2.29. The summed E-state index contributed by atoms with van der Waals surface area (Å²) in [5, 5.41) is 21.3. The van der Waals surface area contributed by atoms with E-state index >= 15 is 0 Å². The molecule has 19 heteroatoms. The summed E-state index contributed by atoms with van der Waals surface area (Å²) in [6, 6.07) is 4.28. The minimum atomic E-state index is -0.623. The summed E-state index contributed by atoms with van der Waals surface area (Å²) in [7, 11) is 6.27. The van der Waals surface area contributed by atoms with E-state index in [9.17, 15) is 28.8 Å². The average Bonchev–Trinajstić information content (AvgIpc) is 3.74. The third-order valence-electron chi connectivity index (χ3n) is 6.65. The Bertz CT molecular complexity index is 1930. The van der Waals surface area contributed by atoms with Gasteiger partial charge < -0.3 is 41.5 Å². The second-order valence-electron chi connectivity index (χ2n) is 10.2. The minimum Gasteiger partial charge on any atom is -0.370 e. The van der Waals surface area contributed by atoms with E-state index in [1.54, 1.807) is 20.3 Å². The highest BCUT2D eigenvalue weighted by Crippen LogP contribution is 2.21. The number of carbonyl (C=O) groups excluding carboxylic acids is 6. The van der Waals surface area contributed by atoms with Gasteiger partial charge in [0.15, 0.2) is 5.82 Å². The Hall–Kier alpha value is -5.98. The molecule has 0 atom stereocenters. The Morgan fingerprint density at radius 2 is 1.36 bits per heavy atom. The molecule has 0 bridgehead atoms. The molecule has 4 heterocycles. The van der Waals surface area contributed by atoms with Crippen LogP contribution in [0.2, 0.25) is 0 Å². The number of nitrogens with one attached hydrogen (secondary N) is 5. The molecule has 0 saturated carbocycles. The standard InChI is InChI=1S/C28H31BrN12O6/c1-14(29)24(43)36-22-10-20(40(4)37-22)27(46)35-17-11-32-41(5)23(17)28(47)34-16-9-19(39(3)13-16)26(45)33-15-8-18(38(2)12-15)25(44)31-7-6-21(30)42/h8-13H,1,6-7H2,2-5H3,(H2,30,42)(H,31,44)(H,33,45)(H,34,47)(H,35,46)(H,36,37,43). The van der Waals surface area contributed by atoms with Gasteiger partial charge >= 0.3 is 0 Å². The van der Waals surface area contributed by atoms with Crippen LogP contribution in [0.4, 0.5) is 22.9 Å². The van der Waals surface area contributed by atoms with Gasteiger partial charge in [0.2, 0.25) is 5.91 Å². The zero-order chi connectivity index (χ0) is 34.6. The minimum absolute atomic E-state index is 0.00796. The molecule has 0 saturated heterocycles. The monoisotopic (exact) mass is 710 g/mol. The number of anilines is 4. The molecule has 47 heavy (non-hydrogen) atoms. The molecule has 0 aliphatic rings. The molecule has 4 aromatic rings. The maximum absolute atomic E-state index is 13.3. The summed E-state index contributed by atoms with van der Waals surface area (Å²) in [6.07, 6.45) is 4.37. The molecule has 7 N–H and O–H groups in total. The van der Waals surface area contributed by atoms with E-state index in [0.717, 1.165) is 0 Å². The van der Waals surface area contributed by atoms with E-state index in [4.69, 9.17) is 5.73 Å². The van der Waals surface area contributed by atoms with Gasteiger partial charge in [-0.2, -0.15) is 10.2 Å². The Morgan fingerprint density at radius 3 is 1.96 bits per heavy atom. The van der Waals surface area contributed by atoms with E-state index in [1.807, 2.05) is 0 Å². The lowest BCUT2D eigenvalue weighted by atomic mass is 10.3. The van der Waals surface area contributed by atoms with Crippen LogP contribution in [0, 0.1) is 0 Å². The second kappa shape index (κ2) is 14.0. The maximum Gasteiger partial charge on any atom is 0.276 e. The number of nitrogens with two attached hydrogens (primary N) is 1. The van der Waals surface area contributed by atoms with Gasteiger partial charge in [-0.3, -0.25) is 38.1 Å². The second-order valence-corrected chi connectivity index (χ2v) is 11.2. The number of rotatable bonds is 12. The van der Waals surface area contributed by atoms with Gasteiger partial charge in [-0.15, -0.1) is 0 Å². The summed E-state index contributed by atoms with van der Waals surface area (Å²) in [5.41, 5.74) is 6.37. The van der Waals surface area contributed by atoms with Gasteiger partial charge in [-0.1, -0.05) is 6.58 Å². The summed E-state index contributed by atoms with van der Waals surface area (Å²) >= 11 is 2.97. The van der Waals surface area contributed by atoms with Crippen LogP contribution in [0.15, 0.2) is 47.9 Å². The SMILES string of the molecule is C=C(Br)C(=O)Nc1cc(C(=O)Nc2cnn(C)c2C(=O)Nc2cc(C(=O)Nc3cc(C(=O)NCCC(N)=O)n(C)c3)n(C)c2)n(C)n1. The van der Waals surface area contributed by atoms with Gasteiger partial charge in [0, 0.05) is 59.6 Å². The first-order valence-corrected chi connectivity index (χ1v) is 14.5. The van der Waals surface area contributed by atoms with Crippen molar-refractivity contribution in [3.8, 4) is 0 Å². The molecule has 246 valence electrons. The molecule has 0 aromatic carbocycles. The van der Waals surface area contributed by atoms with E-state index in [2.05, 4.69) is 59.3 Å². The molecule has 6 amide bonds. The topological polar surface area (TPSA) is 234 Å². The molecule has 0 aliphatic heterocycles. The van der Waals surface area contributed by atoms with Crippen molar-refractivity contribution < 1.29 is 28.8 Å². The average molecular weight is 712 g/mol. The van der Waals surface area contributed by atoms with Crippen molar-refractivity contribution in [1.29, 1.82) is 0 Å². The number of carbonyl (C=O) groups is 6. The molecule has 4 rings (SSSR count). The number of halogens is 1. The zero-order valence-electron chi connectivity index (χ0n) is 25.7. The highest BCUT2D eigenvalue weighted by molar-refractivity contribution is 9.12. The summed E-state index contributed by atoms with van der Waals surface area (Å²) in [4.78, 5) is 74.7. The number of nitrogens with zero attached hydrogens (tertiary/aromatic N) is 6. The van der Waals surface area contributed by atoms with Gasteiger partial charge in [-0.25, -0.2) is 0 Å². The van der Waals surface area contributed by atoms with Crippen LogP contribution in [0.1, 0.15) is 48.4 Å². The lowest BCUT2D eigenvalue weighted by Gasteiger charge is -2.08. The van der Waals surface area contributed by atoms with Gasteiger partial charge in [-0.05, 0) is 28.1 Å². The highest BCUT2D eigenvalue weighted by Gasteiger charge is 2.23. The number of amides is 6. The van der Waals surface area contributed by atoms with Crippen LogP contribution in [0.5, 0.6) is 0 Å². The Morgan fingerprint density at radius 1 is 0.787 bits per heavy atom. The van der Waals surface area contributed by atoms with Crippen molar-refractivity contribution >= 4 is 74.3 Å². The molecule has 0 unspecified atom stereocenters. The highest BCUT2D eigenvalue weighted by atomic mass is 79.9. The largest absolute Gasteiger partial charge is 0.370 e. The summed E-state index contributed by atoms with van der Waals surface area (Å²) in [6.45, 7) is 3.56. The smallest absolute Gasteiger partial charge is 0.276 e. The number of hydrogen-bond donors (Lipinski definition) is 6. The Kier molecular flexibility index (Phi) is 10.1. The van der Waals surface area contributed by atoms with E-state index < -0.39 is 35.4 Å². The third-order valence-corrected chi connectivity index (χ3v) is 7.01. The van der Waals surface area contributed by atoms with Crippen molar-refractivity contribution in [2.75, 3.05) is 27.8 Å². The first kappa shape index (κ1) is 33.9. The van der Waals surface area contributed by atoms with Crippen molar-refractivity contribution in [3.63, 3.8) is 0 Å². The molecular formula is C28H31BrN12O6. The molecule has 18 nitrogen and oxygen atoms in total. The predicted molar refractivity (Wildman–Crippen MR) is 174 cm³/mol. The number of aromatic nitrogens is 6. The van der Waals surface area contributed by atoms with Crippen molar-refractivity contribution in [2.45, 2.75) is 6.42 Å². The number of aryl methyl sites for hydroxylation is 4. The number of hydrogen-bond acceptors (Lipinski definition) is 8.